The maximum Gasteiger partial charge on any atom is 0.245 e. The first-order valence-electron chi connectivity index (χ1n) is 7.06. The van der Waals surface area contributed by atoms with E-state index in [0.717, 1.165) is 28.7 Å². The van der Waals surface area contributed by atoms with E-state index >= 15 is 0 Å². The van der Waals surface area contributed by atoms with E-state index < -0.39 is 0 Å². The maximum absolute atomic E-state index is 12.2. The number of carbonyl (C=O) groups is 1. The number of para-hydroxylation sites is 1. The monoisotopic (exact) mass is 282 g/mol. The van der Waals surface area contributed by atoms with Gasteiger partial charge < -0.3 is 9.88 Å². The molecule has 0 aliphatic rings. The van der Waals surface area contributed by atoms with E-state index in [4.69, 9.17) is 0 Å². The van der Waals surface area contributed by atoms with Crippen molar-refractivity contribution in [1.82, 2.24) is 14.8 Å². The number of aromatic amines is 1. The molecule has 0 saturated carbocycles. The molecule has 2 aromatic heterocycles. The average molecular weight is 282 g/mol. The molecule has 3 rings (SSSR count). The molecule has 1 aromatic carbocycles. The van der Waals surface area contributed by atoms with Crippen LogP contribution in [0, 0.1) is 6.92 Å². The number of fused-ring (bicyclic) bond motifs is 1. The Labute approximate surface area is 123 Å². The van der Waals surface area contributed by atoms with Crippen LogP contribution in [-0.2, 0) is 17.8 Å². The van der Waals surface area contributed by atoms with Crippen molar-refractivity contribution in [3.8, 4) is 0 Å². The molecule has 0 saturated heterocycles. The Morgan fingerprint density at radius 1 is 1.33 bits per heavy atom. The number of hydrogen-bond acceptors (Lipinski definition) is 2. The third-order valence-electron chi connectivity index (χ3n) is 3.60. The predicted molar refractivity (Wildman–Crippen MR) is 83.3 cm³/mol. The van der Waals surface area contributed by atoms with Gasteiger partial charge in [-0.1, -0.05) is 25.1 Å². The molecule has 108 valence electrons. The van der Waals surface area contributed by atoms with Crippen LogP contribution in [0.4, 0.5) is 5.82 Å². The normalized spacial score (nSPS) is 11.0. The van der Waals surface area contributed by atoms with Crippen molar-refractivity contribution in [2.75, 3.05) is 5.32 Å². The van der Waals surface area contributed by atoms with Crippen molar-refractivity contribution in [3.05, 3.63) is 47.8 Å². The zero-order valence-electron chi connectivity index (χ0n) is 12.2. The number of nitrogens with one attached hydrogen (secondary N) is 2. The van der Waals surface area contributed by atoms with E-state index in [2.05, 4.69) is 27.6 Å². The van der Waals surface area contributed by atoms with Crippen molar-refractivity contribution in [1.29, 1.82) is 0 Å². The highest BCUT2D eigenvalue weighted by atomic mass is 16.2. The highest BCUT2D eigenvalue weighted by Crippen LogP contribution is 2.19. The molecule has 2 N–H and O–H groups in total. The summed E-state index contributed by atoms with van der Waals surface area (Å²) in [6.45, 7) is 4.33. The Kier molecular flexibility index (Phi) is 3.48. The quantitative estimate of drug-likeness (QED) is 0.773. The molecule has 2 heterocycles. The molecule has 5 nitrogen and oxygen atoms in total. The fourth-order valence-electron chi connectivity index (χ4n) is 2.49. The number of aromatic nitrogens is 3. The Bertz CT molecular complexity index is 785. The van der Waals surface area contributed by atoms with E-state index in [0.29, 0.717) is 5.82 Å². The highest BCUT2D eigenvalue weighted by Gasteiger charge is 2.10. The minimum atomic E-state index is -0.0754. The molecule has 0 spiro atoms. The third kappa shape index (κ3) is 2.67. The number of rotatable bonds is 4. The van der Waals surface area contributed by atoms with Gasteiger partial charge in [0.2, 0.25) is 5.91 Å². The van der Waals surface area contributed by atoms with Crippen LogP contribution in [0.25, 0.3) is 10.9 Å². The van der Waals surface area contributed by atoms with E-state index in [1.807, 2.05) is 42.7 Å². The molecule has 3 aromatic rings. The molecule has 0 unspecified atom stereocenters. The molecule has 0 atom stereocenters. The van der Waals surface area contributed by atoms with Gasteiger partial charge in [-0.05, 0) is 30.9 Å². The Morgan fingerprint density at radius 2 is 2.14 bits per heavy atom. The van der Waals surface area contributed by atoms with Crippen molar-refractivity contribution in [2.24, 2.45) is 0 Å². The summed E-state index contributed by atoms with van der Waals surface area (Å²) in [5.74, 6) is 0.500. The lowest BCUT2D eigenvalue weighted by Gasteiger charge is -2.07. The van der Waals surface area contributed by atoms with Gasteiger partial charge in [0.05, 0.1) is 0 Å². The van der Waals surface area contributed by atoms with Crippen LogP contribution in [0.2, 0.25) is 0 Å². The number of nitrogens with zero attached hydrogens (tertiary/aromatic N) is 2. The van der Waals surface area contributed by atoms with Gasteiger partial charge in [-0.15, -0.1) is 0 Å². The van der Waals surface area contributed by atoms with Crippen molar-refractivity contribution in [3.63, 3.8) is 0 Å². The smallest absolute Gasteiger partial charge is 0.245 e. The molecule has 0 aliphatic heterocycles. The second-order valence-corrected chi connectivity index (χ2v) is 5.11. The largest absolute Gasteiger partial charge is 0.335 e. The number of anilines is 1. The first-order valence-corrected chi connectivity index (χ1v) is 7.06. The molecule has 5 heteroatoms. The Morgan fingerprint density at radius 3 is 2.90 bits per heavy atom. The topological polar surface area (TPSA) is 62.7 Å². The molecular weight excluding hydrogens is 264 g/mol. The minimum Gasteiger partial charge on any atom is -0.335 e. The zero-order chi connectivity index (χ0) is 14.8. The van der Waals surface area contributed by atoms with Crippen molar-refractivity contribution >= 4 is 22.6 Å². The first-order chi connectivity index (χ1) is 10.2. The van der Waals surface area contributed by atoms with Crippen LogP contribution in [0.15, 0.2) is 36.4 Å². The van der Waals surface area contributed by atoms with Crippen LogP contribution < -0.4 is 5.32 Å². The van der Waals surface area contributed by atoms with Crippen LogP contribution >= 0.6 is 0 Å². The van der Waals surface area contributed by atoms with Crippen molar-refractivity contribution in [2.45, 2.75) is 26.8 Å². The van der Waals surface area contributed by atoms with Gasteiger partial charge in [-0.2, -0.15) is 5.10 Å². The summed E-state index contributed by atoms with van der Waals surface area (Å²) in [4.78, 5) is 12.2. The number of hydrogen-bond donors (Lipinski definition) is 2. The van der Waals surface area contributed by atoms with Crippen LogP contribution in [-0.4, -0.2) is 20.7 Å². The number of carbonyl (C=O) groups excluding carboxylic acids is 1. The van der Waals surface area contributed by atoms with Crippen LogP contribution in [0.1, 0.15) is 18.3 Å². The average Bonchev–Trinajstić information content (AvgIpc) is 3.04. The molecule has 0 fully saturated rings. The second-order valence-electron chi connectivity index (χ2n) is 5.11. The number of amides is 1. The van der Waals surface area contributed by atoms with Gasteiger partial charge in [-0.25, -0.2) is 0 Å². The molecule has 0 radical (unpaired) electrons. The highest BCUT2D eigenvalue weighted by molar-refractivity contribution is 5.91. The fraction of sp³-hybridized carbons (Fsp3) is 0.250. The first kappa shape index (κ1) is 13.4. The molecule has 0 aliphatic carbocycles. The lowest BCUT2D eigenvalue weighted by Crippen LogP contribution is -2.19. The summed E-state index contributed by atoms with van der Waals surface area (Å²) >= 11 is 0. The molecule has 1 amide bonds. The SMILES string of the molecule is CCc1cc(NC(=O)Cn2c(C)cc3ccccc32)n[nH]1. The fourth-order valence-corrected chi connectivity index (χ4v) is 2.49. The lowest BCUT2D eigenvalue weighted by molar-refractivity contribution is -0.116. The predicted octanol–water partition coefficient (Wildman–Crippen LogP) is 2.87. The molecule has 21 heavy (non-hydrogen) atoms. The number of H-pyrrole nitrogens is 1. The number of aryl methyl sites for hydroxylation is 2. The summed E-state index contributed by atoms with van der Waals surface area (Å²) < 4.78 is 2.01. The minimum absolute atomic E-state index is 0.0754. The van der Waals surface area contributed by atoms with Gasteiger partial charge in [0.25, 0.3) is 0 Å². The van der Waals surface area contributed by atoms with Crippen LogP contribution in [0.3, 0.4) is 0 Å². The summed E-state index contributed by atoms with van der Waals surface area (Å²) in [6, 6.07) is 12.0. The Balaban J connectivity index is 1.78. The van der Waals surface area contributed by atoms with Gasteiger partial charge in [0, 0.05) is 23.0 Å². The molecule has 0 bridgehead atoms. The number of benzene rings is 1. The van der Waals surface area contributed by atoms with Crippen molar-refractivity contribution < 1.29 is 4.79 Å². The van der Waals surface area contributed by atoms with Gasteiger partial charge in [0.1, 0.15) is 6.54 Å². The van der Waals surface area contributed by atoms with Gasteiger partial charge in [-0.3, -0.25) is 9.89 Å². The van der Waals surface area contributed by atoms with E-state index in [1.165, 1.54) is 0 Å². The van der Waals surface area contributed by atoms with E-state index in [1.54, 1.807) is 0 Å². The summed E-state index contributed by atoms with van der Waals surface area (Å²) in [6.07, 6.45) is 0.865. The van der Waals surface area contributed by atoms with Crippen LogP contribution in [0.5, 0.6) is 0 Å². The van der Waals surface area contributed by atoms with Gasteiger partial charge >= 0.3 is 0 Å². The maximum atomic E-state index is 12.2. The lowest BCUT2D eigenvalue weighted by atomic mass is 10.2. The van der Waals surface area contributed by atoms with E-state index in [-0.39, 0.29) is 12.5 Å². The Hall–Kier alpha value is -2.56. The third-order valence-corrected chi connectivity index (χ3v) is 3.60. The zero-order valence-corrected chi connectivity index (χ0v) is 12.2. The summed E-state index contributed by atoms with van der Waals surface area (Å²) in [5, 5.41) is 10.9. The molecular formula is C16H18N4O. The summed E-state index contributed by atoms with van der Waals surface area (Å²) in [5.41, 5.74) is 3.15. The summed E-state index contributed by atoms with van der Waals surface area (Å²) in [7, 11) is 0. The second kappa shape index (κ2) is 5.44. The van der Waals surface area contributed by atoms with E-state index in [9.17, 15) is 4.79 Å². The standard InChI is InChI=1S/C16H18N4O/c1-3-13-9-15(19-18-13)17-16(21)10-20-11(2)8-12-6-4-5-7-14(12)20/h4-9H,3,10H2,1-2H3,(H2,17,18,19,21). The van der Waals surface area contributed by atoms with Gasteiger partial charge in [0.15, 0.2) is 5.82 Å².